The van der Waals surface area contributed by atoms with Crippen LogP contribution in [0, 0.1) is 6.92 Å². The largest absolute Gasteiger partial charge is 0.416 e. The number of alkyl halides is 3. The molecule has 42 heavy (non-hydrogen) atoms. The molecule has 1 saturated heterocycles. The molecule has 0 spiro atoms. The Morgan fingerprint density at radius 2 is 1.79 bits per heavy atom. The maximum absolute atomic E-state index is 14.0. The van der Waals surface area contributed by atoms with E-state index in [1.807, 2.05) is 18.9 Å². The fourth-order valence-corrected chi connectivity index (χ4v) is 5.17. The van der Waals surface area contributed by atoms with E-state index in [1.54, 1.807) is 43.4 Å². The molecule has 3 aromatic rings. The first-order valence-electron chi connectivity index (χ1n) is 13.6. The van der Waals surface area contributed by atoms with E-state index < -0.39 is 17.6 Å². The highest BCUT2D eigenvalue weighted by molar-refractivity contribution is 6.07. The van der Waals surface area contributed by atoms with Crippen LogP contribution in [0.1, 0.15) is 32.6 Å². The summed E-state index contributed by atoms with van der Waals surface area (Å²) >= 11 is 0. The highest BCUT2D eigenvalue weighted by atomic mass is 19.4. The van der Waals surface area contributed by atoms with Crippen LogP contribution in [-0.4, -0.2) is 79.0 Å². The fourth-order valence-electron chi connectivity index (χ4n) is 5.17. The number of piperazine rings is 1. The predicted octanol–water partition coefficient (Wildman–Crippen LogP) is 4.42. The summed E-state index contributed by atoms with van der Waals surface area (Å²) < 4.78 is 42.1. The second kappa shape index (κ2) is 11.6. The van der Waals surface area contributed by atoms with E-state index in [0.717, 1.165) is 30.3 Å². The lowest BCUT2D eigenvalue weighted by Crippen LogP contribution is -2.46. The van der Waals surface area contributed by atoms with Gasteiger partial charge < -0.3 is 15.5 Å². The van der Waals surface area contributed by atoms with Crippen LogP contribution in [0.15, 0.2) is 42.6 Å². The van der Waals surface area contributed by atoms with Crippen LogP contribution in [-0.2, 0) is 19.3 Å². The lowest BCUT2D eigenvalue weighted by atomic mass is 10.0. The number of aromatic nitrogens is 2. The van der Waals surface area contributed by atoms with Crippen molar-refractivity contribution in [2.24, 2.45) is 0 Å². The number of nitrogens with zero attached hydrogens (tertiary/aromatic N) is 6. The molecule has 5 rings (SSSR count). The predicted molar refractivity (Wildman–Crippen MR) is 155 cm³/mol. The lowest BCUT2D eigenvalue weighted by molar-refractivity contribution is -0.138. The molecule has 0 bridgehead atoms. The first-order valence-corrected chi connectivity index (χ1v) is 13.6. The molecule has 0 aliphatic carbocycles. The van der Waals surface area contributed by atoms with Gasteiger partial charge >= 0.3 is 12.2 Å². The second-order valence-corrected chi connectivity index (χ2v) is 10.6. The number of hydrogen-bond acceptors (Lipinski definition) is 7. The van der Waals surface area contributed by atoms with Crippen LogP contribution in [0.3, 0.4) is 0 Å². The molecule has 3 amide bonds. The zero-order valence-corrected chi connectivity index (χ0v) is 23.9. The Morgan fingerprint density at radius 3 is 2.48 bits per heavy atom. The van der Waals surface area contributed by atoms with Gasteiger partial charge in [0, 0.05) is 69.8 Å². The lowest BCUT2D eigenvalue weighted by Gasteiger charge is -2.35. The van der Waals surface area contributed by atoms with Crippen molar-refractivity contribution >= 4 is 35.1 Å². The van der Waals surface area contributed by atoms with E-state index in [1.165, 1.54) is 17.0 Å². The fraction of sp³-hybridized carbons (Fsp3) is 0.379. The van der Waals surface area contributed by atoms with Crippen molar-refractivity contribution in [2.45, 2.75) is 26.2 Å². The number of carbonyl (C=O) groups is 2. The average molecular weight is 583 g/mol. The van der Waals surface area contributed by atoms with Gasteiger partial charge in [-0.05, 0) is 49.4 Å². The van der Waals surface area contributed by atoms with Gasteiger partial charge in [0.1, 0.15) is 5.82 Å². The van der Waals surface area contributed by atoms with Gasteiger partial charge in [-0.1, -0.05) is 12.1 Å². The van der Waals surface area contributed by atoms with Crippen molar-refractivity contribution in [3.63, 3.8) is 0 Å². The van der Waals surface area contributed by atoms with E-state index in [9.17, 15) is 22.8 Å². The number of hydrogen-bond donors (Lipinski definition) is 2. The normalized spacial score (nSPS) is 16.4. The number of nitrogens with one attached hydrogen (secondary N) is 2. The average Bonchev–Trinajstić information content (AvgIpc) is 2.96. The smallest absolute Gasteiger partial charge is 0.357 e. The summed E-state index contributed by atoms with van der Waals surface area (Å²) in [6, 6.07) is 8.43. The number of rotatable bonds is 6. The van der Waals surface area contributed by atoms with Gasteiger partial charge in [-0.15, -0.1) is 0 Å². The maximum atomic E-state index is 14.0. The maximum Gasteiger partial charge on any atom is 0.416 e. The molecule has 222 valence electrons. The van der Waals surface area contributed by atoms with Gasteiger partial charge in [0.15, 0.2) is 0 Å². The Labute approximate surface area is 242 Å². The Kier molecular flexibility index (Phi) is 8.06. The van der Waals surface area contributed by atoms with Gasteiger partial charge in [-0.3, -0.25) is 19.5 Å². The zero-order chi connectivity index (χ0) is 30.2. The Morgan fingerprint density at radius 1 is 1.05 bits per heavy atom. The molecule has 1 aromatic heterocycles. The van der Waals surface area contributed by atoms with Crippen molar-refractivity contribution in [2.75, 3.05) is 67.8 Å². The number of amides is 3. The summed E-state index contributed by atoms with van der Waals surface area (Å²) in [6.45, 7) is 5.14. The Balaban J connectivity index is 1.37. The number of benzene rings is 2. The number of fused-ring (bicyclic) bond motifs is 1. The first-order chi connectivity index (χ1) is 19.9. The van der Waals surface area contributed by atoms with Gasteiger partial charge in [0.2, 0.25) is 5.95 Å². The van der Waals surface area contributed by atoms with E-state index in [-0.39, 0.29) is 30.2 Å². The minimum Gasteiger partial charge on any atom is -0.357 e. The summed E-state index contributed by atoms with van der Waals surface area (Å²) in [5.41, 5.74) is 1.62. The van der Waals surface area contributed by atoms with Crippen molar-refractivity contribution in [3.8, 4) is 0 Å². The highest BCUT2D eigenvalue weighted by Crippen LogP contribution is 2.35. The number of halogens is 3. The Hall–Kier alpha value is -4.23. The molecule has 3 heterocycles. The van der Waals surface area contributed by atoms with E-state index in [0.29, 0.717) is 36.2 Å². The molecule has 0 saturated carbocycles. The third-order valence-electron chi connectivity index (χ3n) is 7.65. The van der Waals surface area contributed by atoms with E-state index >= 15 is 0 Å². The molecule has 0 unspecified atom stereocenters. The summed E-state index contributed by atoms with van der Waals surface area (Å²) in [6.07, 6.45) is -2.96. The van der Waals surface area contributed by atoms with Crippen LogP contribution < -0.4 is 20.4 Å². The summed E-state index contributed by atoms with van der Waals surface area (Å²) in [7, 11) is 5.29. The summed E-state index contributed by atoms with van der Waals surface area (Å²) in [4.78, 5) is 42.2. The minimum atomic E-state index is -4.61. The van der Waals surface area contributed by atoms with Gasteiger partial charge in [-0.2, -0.15) is 18.2 Å². The zero-order valence-electron chi connectivity index (χ0n) is 23.9. The SMILES string of the molecule is CNc1ncc2c(n1)N(C)C(=O)N(c1cc(NC(=O)c3ccc(CN4CCN(C)CC4)c(C(F)(F)F)c3)ccc1C)C2. The van der Waals surface area contributed by atoms with E-state index in [4.69, 9.17) is 0 Å². The number of anilines is 4. The van der Waals surface area contributed by atoms with Crippen molar-refractivity contribution in [1.29, 1.82) is 0 Å². The standard InChI is InChI=1S/C29H33F3N8O2/c1-18-5-8-22(14-24(18)40-17-21-15-34-27(33-2)36-25(21)38(4)28(40)42)35-26(41)19-6-7-20(23(13-19)29(30,31)32)16-39-11-9-37(3)10-12-39/h5-8,13-15H,9-12,16-17H2,1-4H3,(H,35,41)(H,33,34,36). The second-order valence-electron chi connectivity index (χ2n) is 10.6. The highest BCUT2D eigenvalue weighted by Gasteiger charge is 2.35. The third kappa shape index (κ3) is 6.02. The summed E-state index contributed by atoms with van der Waals surface area (Å²) in [5.74, 6) is 0.208. The van der Waals surface area contributed by atoms with Crippen LogP contribution in [0.2, 0.25) is 0 Å². The molecular formula is C29H33F3N8O2. The van der Waals surface area contributed by atoms with Crippen molar-refractivity contribution in [1.82, 2.24) is 19.8 Å². The molecule has 0 radical (unpaired) electrons. The molecule has 2 aromatic carbocycles. The van der Waals surface area contributed by atoms with Crippen LogP contribution in [0.25, 0.3) is 0 Å². The van der Waals surface area contributed by atoms with Gasteiger partial charge in [-0.25, -0.2) is 9.78 Å². The minimum absolute atomic E-state index is 0.105. The van der Waals surface area contributed by atoms with Crippen LogP contribution in [0.5, 0.6) is 0 Å². The first kappa shape index (κ1) is 29.3. The molecule has 10 nitrogen and oxygen atoms in total. The number of aryl methyl sites for hydroxylation is 1. The topological polar surface area (TPSA) is 96.9 Å². The molecule has 0 atom stereocenters. The van der Waals surface area contributed by atoms with Crippen molar-refractivity contribution < 1.29 is 22.8 Å². The number of carbonyl (C=O) groups excluding carboxylic acids is 2. The third-order valence-corrected chi connectivity index (χ3v) is 7.65. The van der Waals surface area contributed by atoms with Gasteiger partial charge in [0.05, 0.1) is 17.8 Å². The molecule has 1 fully saturated rings. The molecule has 13 heteroatoms. The quantitative estimate of drug-likeness (QED) is 0.444. The monoisotopic (exact) mass is 582 g/mol. The van der Waals surface area contributed by atoms with E-state index in [2.05, 4.69) is 25.5 Å². The molecule has 2 aliphatic rings. The van der Waals surface area contributed by atoms with Crippen molar-refractivity contribution in [3.05, 3.63) is 70.4 Å². The summed E-state index contributed by atoms with van der Waals surface area (Å²) in [5, 5.41) is 5.56. The number of likely N-dealkylation sites (N-methyl/N-ethyl adjacent to an activating group) is 1. The molecule has 2 aliphatic heterocycles. The number of urea groups is 1. The molecule has 2 N–H and O–H groups in total. The van der Waals surface area contributed by atoms with Crippen LogP contribution >= 0.6 is 0 Å². The molecular weight excluding hydrogens is 549 g/mol. The van der Waals surface area contributed by atoms with Gasteiger partial charge in [0.25, 0.3) is 5.91 Å². The van der Waals surface area contributed by atoms with Crippen LogP contribution in [0.4, 0.5) is 41.1 Å². The Bertz CT molecular complexity index is 1500.